The van der Waals surface area contributed by atoms with Gasteiger partial charge in [0.1, 0.15) is 0 Å². The molecule has 0 spiro atoms. The first-order valence-electron chi connectivity index (χ1n) is 9.40. The van der Waals surface area contributed by atoms with Gasteiger partial charge in [0.25, 0.3) is 0 Å². The summed E-state index contributed by atoms with van der Waals surface area (Å²) in [5.74, 6) is 1.45. The van der Waals surface area contributed by atoms with Crippen LogP contribution >= 0.6 is 0 Å². The average Bonchev–Trinajstić information content (AvgIpc) is 3.19. The third kappa shape index (κ3) is 4.49. The summed E-state index contributed by atoms with van der Waals surface area (Å²) in [5, 5.41) is 0. The van der Waals surface area contributed by atoms with E-state index in [1.54, 1.807) is 30.5 Å². The molecular formula is C21H23N3O3S. The number of nitrogens with zero attached hydrogens (tertiary/aromatic N) is 2. The molecule has 6 nitrogen and oxygen atoms in total. The maximum Gasteiger partial charge on any atom is 0.240 e. The van der Waals surface area contributed by atoms with Crippen LogP contribution < -0.4 is 4.72 Å². The number of likely N-dealkylation sites (tertiary alicyclic amines) is 1. The molecule has 1 aromatic heterocycles. The van der Waals surface area contributed by atoms with E-state index in [1.165, 1.54) is 0 Å². The van der Waals surface area contributed by atoms with E-state index in [0.717, 1.165) is 37.3 Å². The van der Waals surface area contributed by atoms with Crippen LogP contribution in [0.25, 0.3) is 11.3 Å². The van der Waals surface area contributed by atoms with E-state index in [-0.39, 0.29) is 6.04 Å². The molecular weight excluding hydrogens is 374 g/mol. The van der Waals surface area contributed by atoms with Gasteiger partial charge in [-0.05, 0) is 25.0 Å². The Morgan fingerprint density at radius 1 is 1.00 bits per heavy atom. The molecule has 0 atom stereocenters. The van der Waals surface area contributed by atoms with E-state index in [1.807, 2.05) is 36.4 Å². The lowest BCUT2D eigenvalue weighted by Gasteiger charge is -2.31. The zero-order chi connectivity index (χ0) is 19.4. The van der Waals surface area contributed by atoms with Crippen molar-refractivity contribution in [2.24, 2.45) is 0 Å². The van der Waals surface area contributed by atoms with Crippen molar-refractivity contribution >= 4 is 10.0 Å². The predicted molar refractivity (Wildman–Crippen MR) is 107 cm³/mol. The molecule has 1 N–H and O–H groups in total. The Hall–Kier alpha value is -2.48. The van der Waals surface area contributed by atoms with Crippen LogP contribution in [0, 0.1) is 0 Å². The van der Waals surface area contributed by atoms with Crippen molar-refractivity contribution in [3.05, 3.63) is 72.8 Å². The number of piperidine rings is 1. The monoisotopic (exact) mass is 397 g/mol. The van der Waals surface area contributed by atoms with Crippen molar-refractivity contribution in [1.82, 2.24) is 14.6 Å². The zero-order valence-corrected chi connectivity index (χ0v) is 16.3. The van der Waals surface area contributed by atoms with Gasteiger partial charge in [0.15, 0.2) is 5.76 Å². The second-order valence-corrected chi connectivity index (χ2v) is 8.68. The van der Waals surface area contributed by atoms with Crippen LogP contribution in [0.5, 0.6) is 0 Å². The Morgan fingerprint density at radius 3 is 2.32 bits per heavy atom. The minimum Gasteiger partial charge on any atom is -0.439 e. The van der Waals surface area contributed by atoms with E-state index in [2.05, 4.69) is 14.6 Å². The molecule has 0 bridgehead atoms. The molecule has 0 radical (unpaired) electrons. The van der Waals surface area contributed by atoms with E-state index >= 15 is 0 Å². The molecule has 0 aliphatic carbocycles. The van der Waals surface area contributed by atoms with Crippen LogP contribution in [0.15, 0.2) is 76.2 Å². The van der Waals surface area contributed by atoms with Crippen LogP contribution in [0.3, 0.4) is 0 Å². The fraction of sp³-hybridized carbons (Fsp3) is 0.286. The molecule has 1 saturated heterocycles. The van der Waals surface area contributed by atoms with Crippen LogP contribution in [-0.2, 0) is 16.6 Å². The summed E-state index contributed by atoms with van der Waals surface area (Å²) in [5.41, 5.74) is 1.01. The molecule has 28 heavy (non-hydrogen) atoms. The summed E-state index contributed by atoms with van der Waals surface area (Å²) < 4.78 is 33.6. The molecule has 2 heterocycles. The number of aromatic nitrogens is 1. The SMILES string of the molecule is O=S(=O)(NC1CCN(Cc2ncc(-c3ccccc3)o2)CC1)c1ccccc1. The Balaban J connectivity index is 1.31. The van der Waals surface area contributed by atoms with Gasteiger partial charge in [-0.15, -0.1) is 0 Å². The van der Waals surface area contributed by atoms with Crippen molar-refractivity contribution < 1.29 is 12.8 Å². The Morgan fingerprint density at radius 2 is 1.64 bits per heavy atom. The fourth-order valence-corrected chi connectivity index (χ4v) is 4.73. The van der Waals surface area contributed by atoms with Crippen LogP contribution in [0.1, 0.15) is 18.7 Å². The molecule has 1 fully saturated rings. The third-order valence-corrected chi connectivity index (χ3v) is 6.47. The maximum atomic E-state index is 12.5. The minimum absolute atomic E-state index is 0.0501. The summed E-state index contributed by atoms with van der Waals surface area (Å²) in [4.78, 5) is 6.94. The standard InChI is InChI=1S/C21H23N3O3S/c25-28(26,19-9-5-2-6-10-19)23-18-11-13-24(14-12-18)16-21-22-15-20(27-21)17-7-3-1-4-8-17/h1-10,15,18,23H,11-14,16H2. The lowest BCUT2D eigenvalue weighted by molar-refractivity contribution is 0.184. The normalized spacial score (nSPS) is 16.3. The van der Waals surface area contributed by atoms with Gasteiger partial charge in [-0.1, -0.05) is 48.5 Å². The highest BCUT2D eigenvalue weighted by Crippen LogP contribution is 2.22. The van der Waals surface area contributed by atoms with Gasteiger partial charge in [0.2, 0.25) is 15.9 Å². The van der Waals surface area contributed by atoms with Gasteiger partial charge in [0.05, 0.1) is 17.6 Å². The van der Waals surface area contributed by atoms with Gasteiger partial charge in [0, 0.05) is 24.7 Å². The third-order valence-electron chi connectivity index (χ3n) is 4.93. The molecule has 7 heteroatoms. The van der Waals surface area contributed by atoms with Gasteiger partial charge < -0.3 is 4.42 Å². The molecule has 0 unspecified atom stereocenters. The molecule has 146 valence electrons. The number of nitrogens with one attached hydrogen (secondary N) is 1. The van der Waals surface area contributed by atoms with Gasteiger partial charge in [-0.3, -0.25) is 4.90 Å². The van der Waals surface area contributed by atoms with Crippen LogP contribution in [0.2, 0.25) is 0 Å². The Bertz CT molecular complexity index is 996. The Kier molecular flexibility index (Phi) is 5.57. The molecule has 2 aromatic carbocycles. The number of oxazole rings is 1. The summed E-state index contributed by atoms with van der Waals surface area (Å²) in [6.07, 6.45) is 3.28. The number of hydrogen-bond acceptors (Lipinski definition) is 5. The van der Waals surface area contributed by atoms with Crippen LogP contribution in [-0.4, -0.2) is 37.4 Å². The largest absolute Gasteiger partial charge is 0.439 e. The van der Waals surface area contributed by atoms with Crippen molar-refractivity contribution in [2.75, 3.05) is 13.1 Å². The lowest BCUT2D eigenvalue weighted by Crippen LogP contribution is -2.44. The minimum atomic E-state index is -3.46. The van der Waals surface area contributed by atoms with E-state index in [0.29, 0.717) is 17.3 Å². The first kappa shape index (κ1) is 18.9. The smallest absolute Gasteiger partial charge is 0.240 e. The van der Waals surface area contributed by atoms with E-state index in [4.69, 9.17) is 4.42 Å². The van der Waals surface area contributed by atoms with Crippen molar-refractivity contribution in [1.29, 1.82) is 0 Å². The summed E-state index contributed by atoms with van der Waals surface area (Å²) in [6, 6.07) is 18.4. The van der Waals surface area contributed by atoms with Crippen molar-refractivity contribution in [3.8, 4) is 11.3 Å². The number of sulfonamides is 1. The predicted octanol–water partition coefficient (Wildman–Crippen LogP) is 3.28. The number of hydrogen-bond donors (Lipinski definition) is 1. The van der Waals surface area contributed by atoms with Crippen LogP contribution in [0.4, 0.5) is 0 Å². The van der Waals surface area contributed by atoms with Crippen molar-refractivity contribution in [3.63, 3.8) is 0 Å². The van der Waals surface area contributed by atoms with Gasteiger partial charge in [-0.2, -0.15) is 0 Å². The first-order valence-corrected chi connectivity index (χ1v) is 10.9. The average molecular weight is 398 g/mol. The van der Waals surface area contributed by atoms with Gasteiger partial charge >= 0.3 is 0 Å². The van der Waals surface area contributed by atoms with E-state index < -0.39 is 10.0 Å². The number of rotatable bonds is 6. The molecule has 0 amide bonds. The summed E-state index contributed by atoms with van der Waals surface area (Å²) >= 11 is 0. The second-order valence-electron chi connectivity index (χ2n) is 6.97. The summed E-state index contributed by atoms with van der Waals surface area (Å²) in [6.45, 7) is 2.22. The molecule has 1 aliphatic heterocycles. The maximum absolute atomic E-state index is 12.5. The highest BCUT2D eigenvalue weighted by Gasteiger charge is 2.25. The highest BCUT2D eigenvalue weighted by molar-refractivity contribution is 7.89. The topological polar surface area (TPSA) is 75.4 Å². The first-order chi connectivity index (χ1) is 13.6. The Labute approximate surface area is 165 Å². The lowest BCUT2D eigenvalue weighted by atomic mass is 10.1. The summed E-state index contributed by atoms with van der Waals surface area (Å²) in [7, 11) is -3.46. The molecule has 0 saturated carbocycles. The van der Waals surface area contributed by atoms with Gasteiger partial charge in [-0.25, -0.2) is 18.1 Å². The highest BCUT2D eigenvalue weighted by atomic mass is 32.2. The number of benzene rings is 2. The zero-order valence-electron chi connectivity index (χ0n) is 15.5. The second kappa shape index (κ2) is 8.26. The van der Waals surface area contributed by atoms with E-state index in [9.17, 15) is 8.42 Å². The fourth-order valence-electron chi connectivity index (χ4n) is 3.41. The molecule has 4 rings (SSSR count). The quantitative estimate of drug-likeness (QED) is 0.691. The molecule has 1 aliphatic rings. The van der Waals surface area contributed by atoms with Crippen molar-refractivity contribution in [2.45, 2.75) is 30.3 Å². The molecule has 3 aromatic rings.